The average molecular weight is 375 g/mol. The van der Waals surface area contributed by atoms with Crippen molar-refractivity contribution in [2.45, 2.75) is 18.9 Å². The third kappa shape index (κ3) is 3.12. The van der Waals surface area contributed by atoms with Gasteiger partial charge >= 0.3 is 0 Å². The summed E-state index contributed by atoms with van der Waals surface area (Å²) in [5, 5.41) is 3.39. The van der Waals surface area contributed by atoms with Crippen LogP contribution in [0.2, 0.25) is 0 Å². The summed E-state index contributed by atoms with van der Waals surface area (Å²) in [6.45, 7) is 3.65. The van der Waals surface area contributed by atoms with E-state index in [0.29, 0.717) is 17.9 Å². The zero-order chi connectivity index (χ0) is 16.1. The number of hydrogen-bond donors (Lipinski definition) is 1. The Morgan fingerprint density at radius 2 is 1.72 bits per heavy atom. The lowest BCUT2D eigenvalue weighted by atomic mass is 9.65. The minimum Gasteiger partial charge on any atom is -0.348 e. The molecule has 2 aromatic rings. The molecule has 0 spiro atoms. The molecule has 4 aliphatic rings. The first-order valence-corrected chi connectivity index (χ1v) is 9.76. The molecule has 1 aromatic carbocycles. The van der Waals surface area contributed by atoms with Gasteiger partial charge in [-0.15, -0.1) is 23.7 Å². The Kier molecular flexibility index (Phi) is 4.61. The third-order valence-electron chi connectivity index (χ3n) is 5.98. The lowest BCUT2D eigenvalue weighted by Crippen LogP contribution is -2.64. The van der Waals surface area contributed by atoms with Crippen LogP contribution in [0.1, 0.15) is 22.5 Å². The van der Waals surface area contributed by atoms with Crippen LogP contribution in [0.5, 0.6) is 0 Å². The molecule has 25 heavy (non-hydrogen) atoms. The van der Waals surface area contributed by atoms with Crippen LogP contribution in [0.4, 0.5) is 0 Å². The molecule has 3 aliphatic heterocycles. The highest BCUT2D eigenvalue weighted by Crippen LogP contribution is 2.43. The molecule has 3 nitrogen and oxygen atoms in total. The van der Waals surface area contributed by atoms with E-state index < -0.39 is 0 Å². The van der Waals surface area contributed by atoms with Gasteiger partial charge in [-0.1, -0.05) is 30.3 Å². The van der Waals surface area contributed by atoms with Gasteiger partial charge in [-0.2, -0.15) is 0 Å². The van der Waals surface area contributed by atoms with Crippen molar-refractivity contribution in [2.75, 3.05) is 19.6 Å². The molecule has 1 aromatic heterocycles. The number of halogens is 1. The molecule has 4 bridgehead atoms. The fourth-order valence-corrected chi connectivity index (χ4v) is 6.00. The van der Waals surface area contributed by atoms with Crippen LogP contribution in [0.15, 0.2) is 42.5 Å². The van der Waals surface area contributed by atoms with Gasteiger partial charge < -0.3 is 10.2 Å². The van der Waals surface area contributed by atoms with Gasteiger partial charge in [0.2, 0.25) is 0 Å². The summed E-state index contributed by atoms with van der Waals surface area (Å²) in [7, 11) is 0. The lowest BCUT2D eigenvalue weighted by Gasteiger charge is -2.55. The van der Waals surface area contributed by atoms with E-state index in [1.54, 1.807) is 11.3 Å². The minimum atomic E-state index is 0. The first-order valence-electron chi connectivity index (χ1n) is 8.95. The normalized spacial score (nSPS) is 32.2. The molecule has 1 N–H and O–H groups in total. The van der Waals surface area contributed by atoms with E-state index in [-0.39, 0.29) is 18.3 Å². The summed E-state index contributed by atoms with van der Waals surface area (Å²) in [4.78, 5) is 17.4. The number of carbonyl (C=O) groups is 1. The van der Waals surface area contributed by atoms with Gasteiger partial charge in [0.25, 0.3) is 5.91 Å². The molecule has 1 saturated carbocycles. The van der Waals surface area contributed by atoms with Gasteiger partial charge in [0.05, 0.1) is 4.88 Å². The van der Waals surface area contributed by atoms with Crippen LogP contribution < -0.4 is 5.32 Å². The van der Waals surface area contributed by atoms with Gasteiger partial charge in [-0.05, 0) is 48.3 Å². The first-order chi connectivity index (χ1) is 11.8. The molecule has 2 unspecified atom stereocenters. The fraction of sp³-hybridized carbons (Fsp3) is 0.450. The largest absolute Gasteiger partial charge is 0.348 e. The second-order valence-electron chi connectivity index (χ2n) is 7.61. The standard InChI is InChI=1S/C20H22N2OS.ClH/c23-20(18-7-6-17(24-18)14-4-2-1-3-5-14)21-19-15-8-13-9-16(19)12-22(10-13)11-15;/h1-7,13,15-16,19H,8-12H2,(H,21,23);1H. The fourth-order valence-electron chi connectivity index (χ4n) is 5.08. The van der Waals surface area contributed by atoms with Crippen molar-refractivity contribution in [1.29, 1.82) is 0 Å². The van der Waals surface area contributed by atoms with Gasteiger partial charge in [0.1, 0.15) is 0 Å². The van der Waals surface area contributed by atoms with Crippen molar-refractivity contribution in [3.63, 3.8) is 0 Å². The second-order valence-corrected chi connectivity index (χ2v) is 8.69. The smallest absolute Gasteiger partial charge is 0.261 e. The minimum absolute atomic E-state index is 0. The zero-order valence-electron chi connectivity index (χ0n) is 14.1. The highest BCUT2D eigenvalue weighted by Gasteiger charge is 2.47. The summed E-state index contributed by atoms with van der Waals surface area (Å²) in [6, 6.07) is 14.7. The van der Waals surface area contributed by atoms with Crippen molar-refractivity contribution in [1.82, 2.24) is 10.2 Å². The maximum atomic E-state index is 12.8. The summed E-state index contributed by atoms with van der Waals surface area (Å²) >= 11 is 1.60. The topological polar surface area (TPSA) is 32.3 Å². The van der Waals surface area contributed by atoms with E-state index in [1.165, 1.54) is 38.0 Å². The van der Waals surface area contributed by atoms with Gasteiger partial charge in [-0.25, -0.2) is 0 Å². The van der Waals surface area contributed by atoms with Crippen LogP contribution in [0.3, 0.4) is 0 Å². The zero-order valence-corrected chi connectivity index (χ0v) is 15.7. The molecule has 132 valence electrons. The van der Waals surface area contributed by atoms with E-state index in [0.717, 1.165) is 15.7 Å². The van der Waals surface area contributed by atoms with Crippen LogP contribution in [0, 0.1) is 17.8 Å². The number of nitrogens with one attached hydrogen (secondary N) is 1. The maximum Gasteiger partial charge on any atom is 0.261 e. The Morgan fingerprint density at radius 1 is 1.00 bits per heavy atom. The predicted octanol–water partition coefficient (Wildman–Crippen LogP) is 3.91. The second kappa shape index (κ2) is 6.75. The van der Waals surface area contributed by atoms with E-state index >= 15 is 0 Å². The number of hydrogen-bond acceptors (Lipinski definition) is 3. The number of amides is 1. The highest BCUT2D eigenvalue weighted by atomic mass is 35.5. The molecule has 5 heteroatoms. The molecule has 4 heterocycles. The predicted molar refractivity (Wildman–Crippen MR) is 104 cm³/mol. The van der Waals surface area contributed by atoms with Crippen LogP contribution in [0.25, 0.3) is 10.4 Å². The van der Waals surface area contributed by atoms with Crippen molar-refractivity contribution < 1.29 is 4.79 Å². The summed E-state index contributed by atoms with van der Waals surface area (Å²) < 4.78 is 0. The Balaban J connectivity index is 0.00000157. The molecule has 3 saturated heterocycles. The van der Waals surface area contributed by atoms with Crippen LogP contribution in [-0.2, 0) is 0 Å². The maximum absolute atomic E-state index is 12.8. The number of piperidine rings is 3. The monoisotopic (exact) mass is 374 g/mol. The van der Waals surface area contributed by atoms with Gasteiger partial charge in [0.15, 0.2) is 0 Å². The Hall–Kier alpha value is -1.36. The molecule has 4 fully saturated rings. The molecule has 2 atom stereocenters. The molecular weight excluding hydrogens is 352 g/mol. The van der Waals surface area contributed by atoms with E-state index in [9.17, 15) is 4.79 Å². The van der Waals surface area contributed by atoms with E-state index in [4.69, 9.17) is 0 Å². The Labute approximate surface area is 158 Å². The van der Waals surface area contributed by atoms with Crippen molar-refractivity contribution in [3.8, 4) is 10.4 Å². The molecule has 6 rings (SSSR count). The van der Waals surface area contributed by atoms with Gasteiger partial charge in [0, 0.05) is 30.6 Å². The van der Waals surface area contributed by atoms with Crippen LogP contribution in [-0.4, -0.2) is 36.5 Å². The Bertz CT molecular complexity index is 732. The van der Waals surface area contributed by atoms with Crippen molar-refractivity contribution in [3.05, 3.63) is 47.3 Å². The number of benzene rings is 1. The molecule has 1 amide bonds. The van der Waals surface area contributed by atoms with Crippen LogP contribution >= 0.6 is 23.7 Å². The number of nitrogens with zero attached hydrogens (tertiary/aromatic N) is 1. The Morgan fingerprint density at radius 3 is 2.40 bits per heavy atom. The summed E-state index contributed by atoms with van der Waals surface area (Å²) in [6.07, 6.45) is 2.61. The van der Waals surface area contributed by atoms with E-state index in [2.05, 4.69) is 28.4 Å². The summed E-state index contributed by atoms with van der Waals surface area (Å²) in [5.41, 5.74) is 1.18. The average Bonchev–Trinajstić information content (AvgIpc) is 3.08. The molecular formula is C20H23ClN2OS. The summed E-state index contributed by atoms with van der Waals surface area (Å²) in [5.74, 6) is 2.32. The number of thiophene rings is 1. The molecule has 0 radical (unpaired) electrons. The molecule has 1 aliphatic carbocycles. The highest BCUT2D eigenvalue weighted by molar-refractivity contribution is 7.17. The first kappa shape index (κ1) is 17.1. The van der Waals surface area contributed by atoms with Gasteiger partial charge in [-0.3, -0.25) is 4.79 Å². The number of rotatable bonds is 3. The quantitative estimate of drug-likeness (QED) is 0.883. The number of carbonyl (C=O) groups excluding carboxylic acids is 1. The SMILES string of the molecule is Cl.O=C(NC1C2CC3CC1CN(C3)C2)c1ccc(-c2ccccc2)s1. The van der Waals surface area contributed by atoms with Crippen molar-refractivity contribution in [2.24, 2.45) is 17.8 Å². The van der Waals surface area contributed by atoms with Crippen molar-refractivity contribution >= 4 is 29.7 Å². The third-order valence-corrected chi connectivity index (χ3v) is 7.11. The lowest BCUT2D eigenvalue weighted by molar-refractivity contribution is -0.0418. The van der Waals surface area contributed by atoms with E-state index in [1.807, 2.05) is 24.3 Å².